The number of hydrogen-bond donors (Lipinski definition) is 3. The van der Waals surface area contributed by atoms with Crippen LogP contribution in [-0.4, -0.2) is 93.0 Å². The Kier molecular flexibility index (Phi) is 6.60. The maximum absolute atomic E-state index is 13.4. The second kappa shape index (κ2) is 10.2. The Morgan fingerprint density at radius 3 is 2.29 bits per heavy atom. The molecule has 3 fully saturated rings. The number of carbonyl (C=O) groups excluding carboxylic acids is 1. The monoisotopic (exact) mass is 574 g/mol. The van der Waals surface area contributed by atoms with Crippen molar-refractivity contribution < 1.29 is 62.7 Å². The van der Waals surface area contributed by atoms with E-state index >= 15 is 0 Å². The molecular formula is C28H30O13. The lowest BCUT2D eigenvalue weighted by Gasteiger charge is -2.46. The van der Waals surface area contributed by atoms with Crippen LogP contribution in [0.4, 0.5) is 0 Å². The summed E-state index contributed by atoms with van der Waals surface area (Å²) >= 11 is 0. The number of esters is 1. The Morgan fingerprint density at radius 2 is 1.59 bits per heavy atom. The van der Waals surface area contributed by atoms with Crippen LogP contribution in [0.3, 0.4) is 0 Å². The molecule has 0 radical (unpaired) electrons. The maximum Gasteiger partial charge on any atom is 0.310 e. The van der Waals surface area contributed by atoms with Crippen molar-refractivity contribution in [3.05, 3.63) is 41.0 Å². The normalized spacial score (nSPS) is 35.2. The third kappa shape index (κ3) is 4.18. The van der Waals surface area contributed by atoms with Gasteiger partial charge in [-0.2, -0.15) is 0 Å². The van der Waals surface area contributed by atoms with Crippen LogP contribution in [0.1, 0.15) is 28.7 Å². The van der Waals surface area contributed by atoms with Gasteiger partial charge in [-0.05, 0) is 41.0 Å². The summed E-state index contributed by atoms with van der Waals surface area (Å²) in [4.78, 5) is 13.4. The Bertz CT molecular complexity index is 1320. The van der Waals surface area contributed by atoms with E-state index in [4.69, 9.17) is 42.6 Å². The molecule has 0 unspecified atom stereocenters. The summed E-state index contributed by atoms with van der Waals surface area (Å²) in [7, 11) is 2.86. The van der Waals surface area contributed by atoms with Crippen molar-refractivity contribution in [2.24, 2.45) is 11.8 Å². The summed E-state index contributed by atoms with van der Waals surface area (Å²) in [5, 5.41) is 32.3. The van der Waals surface area contributed by atoms with Crippen molar-refractivity contribution in [2.45, 2.75) is 42.7 Å². The summed E-state index contributed by atoms with van der Waals surface area (Å²) < 4.78 is 51.0. The number of phenolic OH excluding ortho intramolecular Hbond substituents is 1. The molecular weight excluding hydrogens is 544 g/mol. The van der Waals surface area contributed by atoms with Crippen molar-refractivity contribution in [1.82, 2.24) is 0 Å². The molecule has 4 aliphatic heterocycles. The summed E-state index contributed by atoms with van der Waals surface area (Å²) in [6.07, 6.45) is -6.16. The molecule has 0 amide bonds. The molecule has 220 valence electrons. The van der Waals surface area contributed by atoms with Crippen molar-refractivity contribution in [3.63, 3.8) is 0 Å². The smallest absolute Gasteiger partial charge is 0.310 e. The Balaban J connectivity index is 1.33. The molecule has 7 rings (SSSR count). The van der Waals surface area contributed by atoms with Crippen LogP contribution in [0, 0.1) is 11.8 Å². The molecule has 13 heteroatoms. The van der Waals surface area contributed by atoms with Gasteiger partial charge >= 0.3 is 5.97 Å². The molecule has 5 aliphatic rings. The number of ether oxygens (including phenoxy) is 9. The zero-order valence-corrected chi connectivity index (χ0v) is 22.3. The Hall–Kier alpha value is -3.33. The number of methoxy groups -OCH3 is 2. The van der Waals surface area contributed by atoms with Gasteiger partial charge in [0.05, 0.1) is 39.5 Å². The number of phenols is 1. The fourth-order valence-corrected chi connectivity index (χ4v) is 6.57. The predicted molar refractivity (Wildman–Crippen MR) is 134 cm³/mol. The van der Waals surface area contributed by atoms with Crippen LogP contribution in [0.25, 0.3) is 0 Å². The molecule has 1 aliphatic carbocycles. The van der Waals surface area contributed by atoms with Gasteiger partial charge in [0, 0.05) is 11.8 Å². The van der Waals surface area contributed by atoms with E-state index in [9.17, 15) is 20.1 Å². The Labute approximate surface area is 234 Å². The van der Waals surface area contributed by atoms with E-state index in [2.05, 4.69) is 0 Å². The molecule has 0 bridgehead atoms. The molecule has 0 spiro atoms. The number of fused-ring (bicyclic) bond motifs is 4. The van der Waals surface area contributed by atoms with Crippen LogP contribution in [0.2, 0.25) is 0 Å². The summed E-state index contributed by atoms with van der Waals surface area (Å²) in [6, 6.07) is 6.92. The van der Waals surface area contributed by atoms with E-state index in [-0.39, 0.29) is 44.0 Å². The van der Waals surface area contributed by atoms with Crippen LogP contribution in [0.15, 0.2) is 24.3 Å². The molecule has 41 heavy (non-hydrogen) atoms. The molecule has 0 saturated carbocycles. The summed E-state index contributed by atoms with van der Waals surface area (Å²) in [5.41, 5.74) is 2.02. The van der Waals surface area contributed by atoms with Crippen molar-refractivity contribution in [3.8, 4) is 28.7 Å². The highest BCUT2D eigenvalue weighted by Gasteiger charge is 2.55. The number of hydrogen-bond acceptors (Lipinski definition) is 13. The highest BCUT2D eigenvalue weighted by atomic mass is 16.7. The van der Waals surface area contributed by atoms with Crippen molar-refractivity contribution >= 4 is 5.97 Å². The van der Waals surface area contributed by atoms with E-state index < -0.39 is 60.5 Å². The zero-order chi connectivity index (χ0) is 28.4. The first-order valence-corrected chi connectivity index (χ1v) is 13.3. The average Bonchev–Trinajstić information content (AvgIpc) is 3.61. The minimum Gasteiger partial charge on any atom is -0.502 e. The fraction of sp³-hybridized carbons (Fsp3) is 0.536. The first-order valence-electron chi connectivity index (χ1n) is 13.3. The Morgan fingerprint density at radius 1 is 0.878 bits per heavy atom. The van der Waals surface area contributed by atoms with E-state index in [0.29, 0.717) is 28.2 Å². The van der Waals surface area contributed by atoms with Crippen molar-refractivity contribution in [2.75, 3.05) is 41.0 Å². The van der Waals surface area contributed by atoms with Crippen molar-refractivity contribution in [1.29, 1.82) is 0 Å². The minimum atomic E-state index is -1.42. The van der Waals surface area contributed by atoms with Gasteiger partial charge in [-0.25, -0.2) is 0 Å². The molecule has 3 saturated heterocycles. The lowest BCUT2D eigenvalue weighted by molar-refractivity contribution is -0.349. The number of aliphatic hydroxyl groups is 2. The number of aromatic hydroxyl groups is 1. The second-order valence-electron chi connectivity index (χ2n) is 10.6. The van der Waals surface area contributed by atoms with Crippen LogP contribution < -0.4 is 18.9 Å². The van der Waals surface area contributed by atoms with Crippen LogP contribution in [0.5, 0.6) is 28.7 Å². The SMILES string of the molecule is COc1cc([C@@H]2c3cc4c(cc3[C@@H](O[C@@H]3O[C@@H]5COCO[C@H]5[C@H](O)[C@H]3O)[C@H]3COC(=O)[C@H]23)OCO4)cc(OC)c1O. The lowest BCUT2D eigenvalue weighted by Crippen LogP contribution is -2.62. The van der Waals surface area contributed by atoms with Gasteiger partial charge in [-0.15, -0.1) is 0 Å². The van der Waals surface area contributed by atoms with Gasteiger partial charge in [0.25, 0.3) is 0 Å². The summed E-state index contributed by atoms with van der Waals surface area (Å²) in [5.74, 6) is -1.01. The first kappa shape index (κ1) is 26.6. The van der Waals surface area contributed by atoms with E-state index in [0.717, 1.165) is 0 Å². The molecule has 0 aromatic heterocycles. The second-order valence-corrected chi connectivity index (χ2v) is 10.6. The standard InChI is InChI=1S/C28H30O13/c1-33-17-3-11(4-18(34-2)22(17)29)20-12-5-15-16(38-10-37-15)6-13(12)25(14-7-36-27(32)21(14)20)41-28-24(31)23(30)26-19(40-28)8-35-9-39-26/h3-6,14,19-21,23-26,28-31H,7-10H2,1-2H3/t14-,19+,20+,21-,23+,24+,25+,26+,28-/m0/s1. The largest absolute Gasteiger partial charge is 0.502 e. The molecule has 3 N–H and O–H groups in total. The first-order chi connectivity index (χ1) is 19.9. The molecule has 4 heterocycles. The number of carbonyl (C=O) groups is 1. The average molecular weight is 575 g/mol. The molecule has 2 aromatic carbocycles. The summed E-state index contributed by atoms with van der Waals surface area (Å²) in [6.45, 7) is 0.230. The third-order valence-electron chi connectivity index (χ3n) is 8.53. The van der Waals surface area contributed by atoms with Gasteiger partial charge < -0.3 is 58.0 Å². The van der Waals surface area contributed by atoms with Gasteiger partial charge in [-0.3, -0.25) is 4.79 Å². The van der Waals surface area contributed by atoms with Gasteiger partial charge in [0.1, 0.15) is 31.2 Å². The van der Waals surface area contributed by atoms with E-state index in [1.807, 2.05) is 0 Å². The quantitative estimate of drug-likeness (QED) is 0.434. The number of aliphatic hydroxyl groups excluding tert-OH is 2. The van der Waals surface area contributed by atoms with Gasteiger partial charge in [0.15, 0.2) is 29.3 Å². The molecule has 2 aromatic rings. The highest BCUT2D eigenvalue weighted by molar-refractivity contribution is 5.79. The van der Waals surface area contributed by atoms with Crippen LogP contribution in [-0.2, 0) is 28.5 Å². The van der Waals surface area contributed by atoms with Gasteiger partial charge in [-0.1, -0.05) is 0 Å². The van der Waals surface area contributed by atoms with Crippen LogP contribution >= 0.6 is 0 Å². The van der Waals surface area contributed by atoms with E-state index in [1.165, 1.54) is 14.2 Å². The maximum atomic E-state index is 13.4. The number of rotatable bonds is 5. The third-order valence-corrected chi connectivity index (χ3v) is 8.53. The topological polar surface area (TPSA) is 161 Å². The van der Waals surface area contributed by atoms with Gasteiger partial charge in [0.2, 0.25) is 12.5 Å². The number of cyclic esters (lactones) is 1. The predicted octanol–water partition coefficient (Wildman–Crippen LogP) is 0.950. The van der Waals surface area contributed by atoms with E-state index in [1.54, 1.807) is 24.3 Å². The number of benzene rings is 2. The minimum absolute atomic E-state index is 0.0135. The lowest BCUT2D eigenvalue weighted by atomic mass is 9.66. The molecule has 9 atom stereocenters. The fourth-order valence-electron chi connectivity index (χ4n) is 6.57. The molecule has 13 nitrogen and oxygen atoms in total. The highest BCUT2D eigenvalue weighted by Crippen LogP contribution is 2.57. The zero-order valence-electron chi connectivity index (χ0n) is 22.3.